The summed E-state index contributed by atoms with van der Waals surface area (Å²) in [7, 11) is 0. The lowest BCUT2D eigenvalue weighted by Crippen LogP contribution is -2.57. The molecule has 0 bridgehead atoms. The van der Waals surface area contributed by atoms with Gasteiger partial charge in [0.2, 0.25) is 5.91 Å². The zero-order valence-electron chi connectivity index (χ0n) is 15.1. The molecule has 140 valence electrons. The maximum Gasteiger partial charge on any atom is 0.264 e. The summed E-state index contributed by atoms with van der Waals surface area (Å²) in [5.41, 5.74) is 6.09. The van der Waals surface area contributed by atoms with E-state index in [2.05, 4.69) is 0 Å². The lowest BCUT2D eigenvalue weighted by Gasteiger charge is -2.38. The number of hydrogen-bond donors (Lipinski definition) is 1. The Morgan fingerprint density at radius 1 is 1.00 bits per heavy atom. The van der Waals surface area contributed by atoms with E-state index in [1.807, 2.05) is 52.7 Å². The normalized spacial score (nSPS) is 17.1. The number of carbonyl (C=O) groups is 2. The average molecular weight is 400 g/mol. The van der Waals surface area contributed by atoms with Gasteiger partial charge in [0.25, 0.3) is 5.91 Å². The first-order valence-electron chi connectivity index (χ1n) is 8.87. The van der Waals surface area contributed by atoms with Crippen molar-refractivity contribution in [2.45, 2.75) is 12.5 Å². The maximum absolute atomic E-state index is 13.0. The van der Waals surface area contributed by atoms with E-state index < -0.39 is 5.54 Å². The molecule has 4 rings (SSSR count). The van der Waals surface area contributed by atoms with Crippen LogP contribution in [0.25, 0.3) is 9.40 Å². The molecule has 3 heterocycles. The predicted octanol–water partition coefficient (Wildman–Crippen LogP) is 3.12. The van der Waals surface area contributed by atoms with Crippen LogP contribution in [0, 0.1) is 0 Å². The predicted molar refractivity (Wildman–Crippen MR) is 110 cm³/mol. The van der Waals surface area contributed by atoms with Crippen molar-refractivity contribution < 1.29 is 9.59 Å². The summed E-state index contributed by atoms with van der Waals surface area (Å²) in [4.78, 5) is 30.1. The Morgan fingerprint density at radius 2 is 1.67 bits per heavy atom. The zero-order valence-corrected chi connectivity index (χ0v) is 16.7. The molecule has 0 saturated carbocycles. The number of hydrogen-bond acceptors (Lipinski definition) is 5. The van der Waals surface area contributed by atoms with Gasteiger partial charge in [-0.05, 0) is 30.0 Å². The molecule has 0 radical (unpaired) electrons. The van der Waals surface area contributed by atoms with Gasteiger partial charge in [-0.2, -0.15) is 0 Å². The van der Waals surface area contributed by atoms with Crippen LogP contribution in [0.4, 0.5) is 0 Å². The van der Waals surface area contributed by atoms with Gasteiger partial charge in [-0.3, -0.25) is 9.59 Å². The molecule has 1 saturated heterocycles. The van der Waals surface area contributed by atoms with Crippen LogP contribution in [0.3, 0.4) is 0 Å². The summed E-state index contributed by atoms with van der Waals surface area (Å²) in [6.07, 6.45) is 0. The van der Waals surface area contributed by atoms with Crippen LogP contribution in [0.1, 0.15) is 22.2 Å². The van der Waals surface area contributed by atoms with Crippen molar-refractivity contribution in [3.05, 3.63) is 58.3 Å². The number of rotatable bonds is 3. The summed E-state index contributed by atoms with van der Waals surface area (Å²) in [5.74, 6) is -0.0495. The number of piperazine rings is 1. The Morgan fingerprint density at radius 3 is 2.33 bits per heavy atom. The Bertz CT molecular complexity index is 941. The highest BCUT2D eigenvalue weighted by molar-refractivity contribution is 7.27. The molecule has 7 heteroatoms. The number of nitrogens with zero attached hydrogens (tertiary/aromatic N) is 2. The van der Waals surface area contributed by atoms with Crippen LogP contribution >= 0.6 is 22.7 Å². The molecule has 2 aromatic heterocycles. The molecule has 1 aromatic carbocycles. The molecule has 2 amide bonds. The van der Waals surface area contributed by atoms with Gasteiger partial charge in [0.05, 0.1) is 4.88 Å². The van der Waals surface area contributed by atoms with Gasteiger partial charge in [0, 0.05) is 35.6 Å². The van der Waals surface area contributed by atoms with E-state index in [1.165, 1.54) is 11.3 Å². The molecular formula is C20H21N3O2S2. The second-order valence-corrected chi connectivity index (χ2v) is 8.94. The molecule has 0 spiro atoms. The Labute approximate surface area is 166 Å². The summed E-state index contributed by atoms with van der Waals surface area (Å²) in [6.45, 7) is 3.82. The van der Waals surface area contributed by atoms with Crippen LogP contribution < -0.4 is 5.73 Å². The van der Waals surface area contributed by atoms with Gasteiger partial charge in [-0.1, -0.05) is 30.3 Å². The van der Waals surface area contributed by atoms with E-state index in [4.69, 9.17) is 5.73 Å². The van der Waals surface area contributed by atoms with E-state index in [9.17, 15) is 9.59 Å². The van der Waals surface area contributed by atoms with Gasteiger partial charge in [-0.15, -0.1) is 22.7 Å². The molecule has 1 unspecified atom stereocenters. The summed E-state index contributed by atoms with van der Waals surface area (Å²) < 4.78 is 2.30. The van der Waals surface area contributed by atoms with Crippen molar-refractivity contribution in [1.82, 2.24) is 9.80 Å². The van der Waals surface area contributed by atoms with Crippen LogP contribution in [0.15, 0.2) is 47.8 Å². The second-order valence-electron chi connectivity index (χ2n) is 6.91. The third kappa shape index (κ3) is 3.38. The number of fused-ring (bicyclic) bond motifs is 1. The van der Waals surface area contributed by atoms with E-state index in [-0.39, 0.29) is 11.8 Å². The molecule has 27 heavy (non-hydrogen) atoms. The van der Waals surface area contributed by atoms with E-state index in [0.29, 0.717) is 26.2 Å². The molecule has 1 aliphatic heterocycles. The highest BCUT2D eigenvalue weighted by Crippen LogP contribution is 2.31. The quantitative estimate of drug-likeness (QED) is 0.736. The second kappa shape index (κ2) is 7.07. The van der Waals surface area contributed by atoms with Crippen LogP contribution in [0.2, 0.25) is 0 Å². The summed E-state index contributed by atoms with van der Waals surface area (Å²) in [6, 6.07) is 13.4. The zero-order chi connectivity index (χ0) is 19.0. The van der Waals surface area contributed by atoms with Gasteiger partial charge in [0.15, 0.2) is 0 Å². The number of carbonyl (C=O) groups excluding carboxylic acids is 2. The molecule has 2 N–H and O–H groups in total. The first-order chi connectivity index (χ1) is 13.0. The first kappa shape index (κ1) is 18.2. The van der Waals surface area contributed by atoms with Crippen LogP contribution in [0.5, 0.6) is 0 Å². The lowest BCUT2D eigenvalue weighted by atomic mass is 9.91. The molecular weight excluding hydrogens is 378 g/mol. The minimum Gasteiger partial charge on any atom is -0.337 e. The van der Waals surface area contributed by atoms with E-state index in [0.717, 1.165) is 19.8 Å². The third-order valence-corrected chi connectivity index (χ3v) is 7.10. The third-order valence-electron chi connectivity index (χ3n) is 5.02. The first-order valence-corrected chi connectivity index (χ1v) is 10.6. The van der Waals surface area contributed by atoms with E-state index in [1.54, 1.807) is 23.2 Å². The van der Waals surface area contributed by atoms with Crippen molar-refractivity contribution in [1.29, 1.82) is 0 Å². The number of benzene rings is 1. The molecule has 1 atom stereocenters. The van der Waals surface area contributed by atoms with Crippen LogP contribution in [-0.4, -0.2) is 47.8 Å². The van der Waals surface area contributed by atoms with Crippen molar-refractivity contribution in [2.24, 2.45) is 5.73 Å². The van der Waals surface area contributed by atoms with Gasteiger partial charge >= 0.3 is 0 Å². The maximum atomic E-state index is 13.0. The highest BCUT2D eigenvalue weighted by atomic mass is 32.1. The van der Waals surface area contributed by atoms with Crippen molar-refractivity contribution >= 4 is 43.9 Å². The molecule has 1 aliphatic rings. The largest absolute Gasteiger partial charge is 0.337 e. The monoisotopic (exact) mass is 399 g/mol. The fourth-order valence-corrected chi connectivity index (χ4v) is 5.45. The number of amides is 2. The lowest BCUT2D eigenvalue weighted by molar-refractivity contribution is -0.138. The molecule has 0 aliphatic carbocycles. The topological polar surface area (TPSA) is 66.6 Å². The van der Waals surface area contributed by atoms with Crippen molar-refractivity contribution in [3.63, 3.8) is 0 Å². The standard InChI is InChI=1S/C20H21N3O2S2/c1-20(21,14-5-3-2-4-6-14)19(25)23-10-8-22(9-11-23)18(24)17-13-16-15(27-17)7-12-26-16/h2-7,12-13H,8-11,21H2,1H3. The number of nitrogens with two attached hydrogens (primary N) is 1. The minimum absolute atomic E-state index is 0.0501. The summed E-state index contributed by atoms with van der Waals surface area (Å²) >= 11 is 3.18. The fourth-order valence-electron chi connectivity index (χ4n) is 3.38. The Kier molecular flexibility index (Phi) is 4.75. The minimum atomic E-state index is -1.06. The average Bonchev–Trinajstić information content (AvgIpc) is 3.30. The fraction of sp³-hybridized carbons (Fsp3) is 0.300. The molecule has 1 fully saturated rings. The molecule has 5 nitrogen and oxygen atoms in total. The van der Waals surface area contributed by atoms with Crippen LogP contribution in [-0.2, 0) is 10.3 Å². The molecule has 3 aromatic rings. The number of thiophene rings is 2. The van der Waals surface area contributed by atoms with Gasteiger partial charge < -0.3 is 15.5 Å². The van der Waals surface area contributed by atoms with Gasteiger partial charge in [-0.25, -0.2) is 0 Å². The van der Waals surface area contributed by atoms with Crippen molar-refractivity contribution in [3.8, 4) is 0 Å². The highest BCUT2D eigenvalue weighted by Gasteiger charge is 2.36. The van der Waals surface area contributed by atoms with Crippen molar-refractivity contribution in [2.75, 3.05) is 26.2 Å². The summed E-state index contributed by atoms with van der Waals surface area (Å²) in [5, 5.41) is 2.04. The van der Waals surface area contributed by atoms with Gasteiger partial charge in [0.1, 0.15) is 5.54 Å². The Hall–Kier alpha value is -2.22. The SMILES string of the molecule is CC(N)(C(=O)N1CCN(C(=O)c2cc3sccc3s2)CC1)c1ccccc1. The Balaban J connectivity index is 1.41. The smallest absolute Gasteiger partial charge is 0.264 e. The van der Waals surface area contributed by atoms with E-state index >= 15 is 0 Å².